The molecule has 0 N–H and O–H groups in total. The van der Waals surface area contributed by atoms with Crippen molar-refractivity contribution in [2.24, 2.45) is 0 Å². The van der Waals surface area contributed by atoms with Crippen molar-refractivity contribution in [3.05, 3.63) is 0 Å². The molecule has 6 nitrogen and oxygen atoms in total. The Morgan fingerprint density at radius 1 is 0.656 bits per heavy atom. The first-order valence-corrected chi connectivity index (χ1v) is 28.8. The van der Waals surface area contributed by atoms with E-state index in [-0.39, 0.29) is 18.7 Å². The second-order valence-electron chi connectivity index (χ2n) is 13.6. The van der Waals surface area contributed by atoms with Gasteiger partial charge in [0.25, 0.3) is 0 Å². The number of hydrogen-bond acceptors (Lipinski definition) is 6. The van der Waals surface area contributed by atoms with Gasteiger partial charge in [0.15, 0.2) is 38.9 Å². The summed E-state index contributed by atoms with van der Waals surface area (Å²) in [5.41, 5.74) is -1.20. The van der Waals surface area contributed by atoms with Gasteiger partial charge < -0.3 is 22.1 Å². The molecule has 0 aromatic heterocycles. The average Bonchev–Trinajstić information content (AvgIpc) is 2.44. The topological polar surface area (TPSA) is 63.2 Å². The van der Waals surface area contributed by atoms with Crippen LogP contribution in [-0.4, -0.2) is 72.5 Å². The molecule has 0 bridgehead atoms. The predicted molar refractivity (Wildman–Crippen MR) is 148 cm³/mol. The third kappa shape index (κ3) is 16.1. The van der Waals surface area contributed by atoms with E-state index in [4.69, 9.17) is 22.1 Å². The van der Waals surface area contributed by atoms with Crippen molar-refractivity contribution < 1.29 is 26.9 Å². The molecule has 0 spiro atoms. The molecule has 0 aliphatic carbocycles. The lowest BCUT2D eigenvalue weighted by Crippen LogP contribution is -2.58. The van der Waals surface area contributed by atoms with Crippen molar-refractivity contribution in [2.75, 3.05) is 13.2 Å². The quantitative estimate of drug-likeness (QED) is 0.242. The van der Waals surface area contributed by atoms with Gasteiger partial charge in [-0.05, 0) is 98.2 Å². The number of carbonyl (C=O) groups is 1. The maximum Gasteiger partial charge on any atom is 0.326 e. The van der Waals surface area contributed by atoms with E-state index >= 15 is 0 Å². The number of rotatable bonds is 14. The molecule has 2 atom stereocenters. The van der Waals surface area contributed by atoms with Crippen LogP contribution < -0.4 is 0 Å². The van der Waals surface area contributed by atoms with E-state index in [1.54, 1.807) is 0 Å². The summed E-state index contributed by atoms with van der Waals surface area (Å²) >= 11 is 0. The summed E-state index contributed by atoms with van der Waals surface area (Å²) in [6, 6.07) is 0. The number of carbonyl (C=O) groups excluding carboxylic acids is 1. The van der Waals surface area contributed by atoms with Gasteiger partial charge in [-0.1, -0.05) is 0 Å². The van der Waals surface area contributed by atoms with Gasteiger partial charge in [0, 0.05) is 6.42 Å². The van der Waals surface area contributed by atoms with E-state index in [9.17, 15) is 4.79 Å². The fourth-order valence-electron chi connectivity index (χ4n) is 2.95. The highest BCUT2D eigenvalue weighted by Gasteiger charge is 2.49. The normalized spacial score (nSPS) is 17.1. The molecule has 0 heterocycles. The zero-order valence-corrected chi connectivity index (χ0v) is 28.6. The largest absolute Gasteiger partial charge is 0.518 e. The minimum absolute atomic E-state index is 0.189. The molecule has 0 aromatic rings. The molecule has 0 aliphatic heterocycles. The van der Waals surface area contributed by atoms with Crippen molar-refractivity contribution >= 4 is 47.6 Å². The maximum absolute atomic E-state index is 13.7. The van der Waals surface area contributed by atoms with Crippen molar-refractivity contribution in [1.82, 2.24) is 0 Å². The average molecular weight is 541 g/mol. The SMILES string of the molecule is C[Si](C)(C)OCC(CC(CO[Si](C)(C)C)(O[Si](C)(C)C)C(=O)O[Si](C)(C)C)O[Si](C)(C)C. The Kier molecular flexibility index (Phi) is 11.6. The van der Waals surface area contributed by atoms with Gasteiger partial charge >= 0.3 is 5.97 Å². The van der Waals surface area contributed by atoms with Crippen LogP contribution in [-0.2, 0) is 26.9 Å². The van der Waals surface area contributed by atoms with E-state index in [0.717, 1.165) is 0 Å². The third-order valence-corrected chi connectivity index (χ3v) is 8.68. The van der Waals surface area contributed by atoms with E-state index in [2.05, 4.69) is 78.6 Å². The molecule has 0 fully saturated rings. The molecule has 192 valence electrons. The molecule has 11 heteroatoms. The molecule has 0 saturated carbocycles. The van der Waals surface area contributed by atoms with Gasteiger partial charge in [-0.2, -0.15) is 0 Å². The van der Waals surface area contributed by atoms with E-state index in [0.29, 0.717) is 13.0 Å². The van der Waals surface area contributed by atoms with Gasteiger partial charge in [-0.25, -0.2) is 0 Å². The Morgan fingerprint density at radius 3 is 1.47 bits per heavy atom. The lowest BCUT2D eigenvalue weighted by atomic mass is 9.97. The molecule has 0 aromatic carbocycles. The summed E-state index contributed by atoms with van der Waals surface area (Å²) in [7, 11) is -9.85. The lowest BCUT2D eigenvalue weighted by molar-refractivity contribution is -0.161. The maximum atomic E-state index is 13.7. The third-order valence-electron chi connectivity index (χ3n) is 3.79. The molecule has 0 amide bonds. The molecular weight excluding hydrogens is 489 g/mol. The van der Waals surface area contributed by atoms with Gasteiger partial charge in [-0.3, -0.25) is 4.79 Å². The van der Waals surface area contributed by atoms with Crippen LogP contribution in [0.5, 0.6) is 0 Å². The monoisotopic (exact) mass is 540 g/mol. The van der Waals surface area contributed by atoms with Gasteiger partial charge in [0.2, 0.25) is 8.32 Å². The Labute approximate surface area is 203 Å². The zero-order valence-electron chi connectivity index (χ0n) is 23.6. The molecule has 2 unspecified atom stereocenters. The first kappa shape index (κ1) is 32.4. The highest BCUT2D eigenvalue weighted by molar-refractivity contribution is 6.72. The fraction of sp³-hybridized carbons (Fsp3) is 0.952. The molecule has 0 aliphatic rings. The highest BCUT2D eigenvalue weighted by atomic mass is 28.4. The van der Waals surface area contributed by atoms with Crippen molar-refractivity contribution in [2.45, 2.75) is 116 Å². The fourth-order valence-corrected chi connectivity index (χ4v) is 7.59. The first-order valence-electron chi connectivity index (χ1n) is 11.7. The van der Waals surface area contributed by atoms with Crippen LogP contribution in [0.2, 0.25) is 98.2 Å². The Hall–Kier alpha value is 0.394. The van der Waals surface area contributed by atoms with Crippen molar-refractivity contribution in [1.29, 1.82) is 0 Å². The summed E-state index contributed by atoms with van der Waals surface area (Å²) in [6.07, 6.45) is 0.115. The van der Waals surface area contributed by atoms with Crippen LogP contribution in [0.25, 0.3) is 0 Å². The molecule has 0 saturated heterocycles. The van der Waals surface area contributed by atoms with Gasteiger partial charge in [-0.15, -0.1) is 0 Å². The molecular formula is C21H52O6Si5. The van der Waals surface area contributed by atoms with Crippen LogP contribution in [0.4, 0.5) is 0 Å². The summed E-state index contributed by atoms with van der Waals surface area (Å²) < 4.78 is 31.9. The van der Waals surface area contributed by atoms with Crippen LogP contribution >= 0.6 is 0 Å². The standard InChI is InChI=1S/C21H52O6Si5/c1-28(2,3)23-17-19(25-30(7,8)9)16-21(27-32(13,14)15,18-24-29(4,5)6)20(22)26-31(10,11)12/h19H,16-18H2,1-15H3. The smallest absolute Gasteiger partial charge is 0.326 e. The minimum atomic E-state index is -2.14. The Bertz CT molecular complexity index is 596. The van der Waals surface area contributed by atoms with E-state index in [1.807, 2.05) is 19.6 Å². The predicted octanol–water partition coefficient (Wildman–Crippen LogP) is 6.27. The second kappa shape index (κ2) is 11.4. The van der Waals surface area contributed by atoms with Crippen LogP contribution in [0.15, 0.2) is 0 Å². The lowest BCUT2D eigenvalue weighted by Gasteiger charge is -2.42. The summed E-state index contributed by atoms with van der Waals surface area (Å²) in [5, 5.41) is 0. The van der Waals surface area contributed by atoms with Crippen LogP contribution in [0.3, 0.4) is 0 Å². The van der Waals surface area contributed by atoms with Crippen molar-refractivity contribution in [3.63, 3.8) is 0 Å². The highest BCUT2D eigenvalue weighted by Crippen LogP contribution is 2.31. The molecule has 0 radical (unpaired) electrons. The van der Waals surface area contributed by atoms with Crippen LogP contribution in [0.1, 0.15) is 6.42 Å². The van der Waals surface area contributed by atoms with Crippen molar-refractivity contribution in [3.8, 4) is 0 Å². The van der Waals surface area contributed by atoms with E-state index in [1.165, 1.54) is 0 Å². The van der Waals surface area contributed by atoms with Crippen LogP contribution in [0, 0.1) is 0 Å². The molecule has 32 heavy (non-hydrogen) atoms. The Balaban J connectivity index is 6.33. The number of hydrogen-bond donors (Lipinski definition) is 0. The second-order valence-corrected chi connectivity index (χ2v) is 35.9. The van der Waals surface area contributed by atoms with E-state index < -0.39 is 47.2 Å². The van der Waals surface area contributed by atoms with Gasteiger partial charge in [0.05, 0.1) is 19.3 Å². The summed E-state index contributed by atoms with van der Waals surface area (Å²) in [6.45, 7) is 32.4. The summed E-state index contributed by atoms with van der Waals surface area (Å²) in [4.78, 5) is 13.7. The summed E-state index contributed by atoms with van der Waals surface area (Å²) in [5.74, 6) is -0.311. The minimum Gasteiger partial charge on any atom is -0.518 e. The first-order chi connectivity index (χ1) is 13.8. The molecule has 0 rings (SSSR count). The zero-order chi connectivity index (χ0) is 25.8. The Morgan fingerprint density at radius 2 is 1.12 bits per heavy atom. The van der Waals surface area contributed by atoms with Gasteiger partial charge in [0.1, 0.15) is 0 Å².